The van der Waals surface area contributed by atoms with E-state index < -0.39 is 10.2 Å². The van der Waals surface area contributed by atoms with Crippen LogP contribution in [0.1, 0.15) is 10.4 Å². The van der Waals surface area contributed by atoms with Gasteiger partial charge in [0, 0.05) is 45.2 Å². The van der Waals surface area contributed by atoms with Gasteiger partial charge < -0.3 is 4.90 Å². The molecule has 0 saturated carbocycles. The number of hydrogen-bond donors (Lipinski definition) is 1. The summed E-state index contributed by atoms with van der Waals surface area (Å²) < 4.78 is 26.6. The van der Waals surface area contributed by atoms with Crippen molar-refractivity contribution in [1.29, 1.82) is 0 Å². The zero-order chi connectivity index (χ0) is 15.6. The Morgan fingerprint density at radius 1 is 1.14 bits per heavy atom. The molecule has 0 unspecified atom stereocenters. The summed E-state index contributed by atoms with van der Waals surface area (Å²) in [6, 6.07) is 7.11. The number of nitrogens with zero attached hydrogens (tertiary/aromatic N) is 3. The molecule has 21 heavy (non-hydrogen) atoms. The van der Waals surface area contributed by atoms with Crippen molar-refractivity contribution in [3.63, 3.8) is 0 Å². The van der Waals surface area contributed by atoms with E-state index in [1.54, 1.807) is 23.1 Å². The fourth-order valence-corrected chi connectivity index (χ4v) is 3.52. The van der Waals surface area contributed by atoms with Crippen molar-refractivity contribution in [1.82, 2.24) is 13.5 Å². The zero-order valence-electron chi connectivity index (χ0n) is 12.1. The van der Waals surface area contributed by atoms with Crippen molar-refractivity contribution in [3.8, 4) is 0 Å². The van der Waals surface area contributed by atoms with E-state index in [9.17, 15) is 13.2 Å². The first-order chi connectivity index (χ1) is 9.84. The van der Waals surface area contributed by atoms with Gasteiger partial charge in [-0.3, -0.25) is 4.79 Å². The quantitative estimate of drug-likeness (QED) is 0.824. The second-order valence-corrected chi connectivity index (χ2v) is 7.62. The molecule has 6 nitrogen and oxygen atoms in total. The van der Waals surface area contributed by atoms with Gasteiger partial charge in [-0.1, -0.05) is 12.1 Å². The number of amides is 1. The predicted octanol–water partition coefficient (Wildman–Crippen LogP) is 0.540. The minimum Gasteiger partial charge on any atom is -0.336 e. The summed E-state index contributed by atoms with van der Waals surface area (Å²) >= 11 is 4.29. The molecule has 0 aliphatic carbocycles. The monoisotopic (exact) mass is 329 g/mol. The van der Waals surface area contributed by atoms with Crippen LogP contribution in [0.4, 0.5) is 0 Å². The molecule has 0 bridgehead atoms. The Balaban J connectivity index is 2.05. The second kappa shape index (κ2) is 6.35. The predicted molar refractivity (Wildman–Crippen MR) is 83.8 cm³/mol. The molecule has 116 valence electrons. The molecule has 0 radical (unpaired) electrons. The molecule has 0 aromatic heterocycles. The SMILES string of the molecule is CN(C)S(=O)(=O)N1CCN(C(=O)c2ccccc2S)CC1. The van der Waals surface area contributed by atoms with Crippen LogP contribution < -0.4 is 0 Å². The Morgan fingerprint density at radius 3 is 2.24 bits per heavy atom. The number of benzene rings is 1. The lowest BCUT2D eigenvalue weighted by Gasteiger charge is -2.35. The molecule has 0 spiro atoms. The lowest BCUT2D eigenvalue weighted by molar-refractivity contribution is 0.0692. The van der Waals surface area contributed by atoms with Crippen molar-refractivity contribution in [2.24, 2.45) is 0 Å². The van der Waals surface area contributed by atoms with Crippen LogP contribution in [0, 0.1) is 0 Å². The van der Waals surface area contributed by atoms with Gasteiger partial charge in [0.2, 0.25) is 0 Å². The maximum atomic E-state index is 12.4. The summed E-state index contributed by atoms with van der Waals surface area (Å²) in [5.41, 5.74) is 0.546. The van der Waals surface area contributed by atoms with E-state index in [2.05, 4.69) is 12.6 Å². The Bertz CT molecular complexity index is 623. The largest absolute Gasteiger partial charge is 0.336 e. The van der Waals surface area contributed by atoms with E-state index in [-0.39, 0.29) is 5.91 Å². The molecule has 2 rings (SSSR count). The fraction of sp³-hybridized carbons (Fsp3) is 0.462. The third kappa shape index (κ3) is 3.39. The molecule has 8 heteroatoms. The summed E-state index contributed by atoms with van der Waals surface area (Å²) in [6.07, 6.45) is 0. The molecule has 1 fully saturated rings. The highest BCUT2D eigenvalue weighted by atomic mass is 32.2. The van der Waals surface area contributed by atoms with Gasteiger partial charge in [0.1, 0.15) is 0 Å². The molecule has 1 aromatic rings. The van der Waals surface area contributed by atoms with Crippen LogP contribution in [0.15, 0.2) is 29.2 Å². The Morgan fingerprint density at radius 2 is 1.71 bits per heavy atom. The van der Waals surface area contributed by atoms with Crippen molar-refractivity contribution in [2.45, 2.75) is 4.90 Å². The summed E-state index contributed by atoms with van der Waals surface area (Å²) in [6.45, 7) is 1.38. The molecule has 1 aliphatic rings. The van der Waals surface area contributed by atoms with Crippen LogP contribution in [-0.2, 0) is 10.2 Å². The highest BCUT2D eigenvalue weighted by molar-refractivity contribution is 7.86. The summed E-state index contributed by atoms with van der Waals surface area (Å²) in [7, 11) is -0.400. The first-order valence-electron chi connectivity index (χ1n) is 6.59. The zero-order valence-corrected chi connectivity index (χ0v) is 13.8. The Hall–Kier alpha value is -1.09. The maximum Gasteiger partial charge on any atom is 0.281 e. The van der Waals surface area contributed by atoms with Crippen molar-refractivity contribution in [2.75, 3.05) is 40.3 Å². The van der Waals surface area contributed by atoms with Gasteiger partial charge in [-0.25, -0.2) is 0 Å². The first-order valence-corrected chi connectivity index (χ1v) is 8.43. The van der Waals surface area contributed by atoms with Gasteiger partial charge in [0.25, 0.3) is 16.1 Å². The second-order valence-electron chi connectivity index (χ2n) is 5.00. The average Bonchev–Trinajstić information content (AvgIpc) is 2.47. The summed E-state index contributed by atoms with van der Waals surface area (Å²) in [5, 5.41) is 0. The van der Waals surface area contributed by atoms with Gasteiger partial charge in [0.05, 0.1) is 5.56 Å². The number of carbonyl (C=O) groups is 1. The van der Waals surface area contributed by atoms with E-state index >= 15 is 0 Å². The molecule has 1 saturated heterocycles. The summed E-state index contributed by atoms with van der Waals surface area (Å²) in [5.74, 6) is -0.109. The minimum absolute atomic E-state index is 0.109. The normalized spacial score (nSPS) is 17.2. The van der Waals surface area contributed by atoms with Gasteiger partial charge in [-0.15, -0.1) is 12.6 Å². The third-order valence-corrected chi connectivity index (χ3v) is 5.78. The van der Waals surface area contributed by atoms with Crippen molar-refractivity contribution >= 4 is 28.7 Å². The number of hydrogen-bond acceptors (Lipinski definition) is 4. The van der Waals surface area contributed by atoms with Crippen LogP contribution >= 0.6 is 12.6 Å². The molecule has 1 aliphatic heterocycles. The Labute approximate surface area is 130 Å². The molecule has 1 aromatic carbocycles. The number of carbonyl (C=O) groups excluding carboxylic acids is 1. The van der Waals surface area contributed by atoms with E-state index in [0.29, 0.717) is 36.6 Å². The van der Waals surface area contributed by atoms with Gasteiger partial charge >= 0.3 is 0 Å². The van der Waals surface area contributed by atoms with E-state index in [1.807, 2.05) is 6.07 Å². The lowest BCUT2D eigenvalue weighted by Crippen LogP contribution is -2.53. The Kier molecular flexibility index (Phi) is 4.92. The van der Waals surface area contributed by atoms with Crippen LogP contribution in [0.2, 0.25) is 0 Å². The molecule has 1 heterocycles. The standard InChI is InChI=1S/C13H19N3O3S2/c1-14(2)21(18,19)16-9-7-15(8-10-16)13(17)11-5-3-4-6-12(11)20/h3-6,20H,7-10H2,1-2H3. The molecular weight excluding hydrogens is 310 g/mol. The summed E-state index contributed by atoms with van der Waals surface area (Å²) in [4.78, 5) is 14.7. The van der Waals surface area contributed by atoms with Crippen LogP contribution in [0.5, 0.6) is 0 Å². The van der Waals surface area contributed by atoms with E-state index in [1.165, 1.54) is 22.7 Å². The van der Waals surface area contributed by atoms with Gasteiger partial charge in [0.15, 0.2) is 0 Å². The molecular formula is C13H19N3O3S2. The molecule has 0 atom stereocenters. The minimum atomic E-state index is -3.41. The van der Waals surface area contributed by atoms with Crippen LogP contribution in [0.3, 0.4) is 0 Å². The topological polar surface area (TPSA) is 60.9 Å². The third-order valence-electron chi connectivity index (χ3n) is 3.45. The number of thiol groups is 1. The average molecular weight is 329 g/mol. The van der Waals surface area contributed by atoms with Crippen molar-refractivity contribution in [3.05, 3.63) is 29.8 Å². The molecule has 1 amide bonds. The van der Waals surface area contributed by atoms with Crippen LogP contribution in [0.25, 0.3) is 0 Å². The van der Waals surface area contributed by atoms with Gasteiger partial charge in [-0.05, 0) is 12.1 Å². The van der Waals surface area contributed by atoms with E-state index in [4.69, 9.17) is 0 Å². The van der Waals surface area contributed by atoms with Crippen LogP contribution in [-0.4, -0.2) is 68.1 Å². The van der Waals surface area contributed by atoms with Gasteiger partial charge in [-0.2, -0.15) is 17.0 Å². The lowest BCUT2D eigenvalue weighted by atomic mass is 10.2. The smallest absolute Gasteiger partial charge is 0.281 e. The van der Waals surface area contributed by atoms with E-state index in [0.717, 1.165) is 0 Å². The molecule has 0 N–H and O–H groups in total. The highest BCUT2D eigenvalue weighted by Gasteiger charge is 2.30. The number of rotatable bonds is 3. The van der Waals surface area contributed by atoms with Crippen molar-refractivity contribution < 1.29 is 13.2 Å². The fourth-order valence-electron chi connectivity index (χ4n) is 2.18. The first kappa shape index (κ1) is 16.3. The highest BCUT2D eigenvalue weighted by Crippen LogP contribution is 2.17. The maximum absolute atomic E-state index is 12.4. The number of piperazine rings is 1.